The molecule has 1 aliphatic rings. The minimum atomic E-state index is 0. The molecule has 0 atom stereocenters. The highest BCUT2D eigenvalue weighted by Gasteiger charge is 2.12. The molecule has 1 aromatic rings. The van der Waals surface area contributed by atoms with E-state index in [0.717, 1.165) is 18.9 Å². The summed E-state index contributed by atoms with van der Waals surface area (Å²) in [4.78, 5) is 4.34. The first kappa shape index (κ1) is 15.9. The van der Waals surface area contributed by atoms with E-state index in [1.54, 1.807) is 0 Å². The van der Waals surface area contributed by atoms with Crippen LogP contribution in [0.25, 0.3) is 0 Å². The number of rotatable bonds is 2. The number of halogens is 2. The molecule has 0 spiro atoms. The molecule has 0 saturated carbocycles. The summed E-state index contributed by atoms with van der Waals surface area (Å²) in [6, 6.07) is 4.74. The first-order valence-electron chi connectivity index (χ1n) is 5.24. The fourth-order valence-electron chi connectivity index (χ4n) is 1.73. The summed E-state index contributed by atoms with van der Waals surface area (Å²) < 4.78 is 0. The molecule has 2 heterocycles. The number of pyridine rings is 1. The monoisotopic (exact) mass is 351 g/mol. The predicted molar refractivity (Wildman–Crippen MR) is 79.1 cm³/mol. The van der Waals surface area contributed by atoms with E-state index >= 15 is 0 Å². The molecule has 1 aromatic heterocycles. The maximum absolute atomic E-state index is 4.34. The molecule has 92 valence electrons. The minimum absolute atomic E-state index is 0. The normalized spacial score (nSPS) is 15.8. The molecule has 0 bridgehead atoms. The van der Waals surface area contributed by atoms with Crippen molar-refractivity contribution < 1.29 is 0 Å². The summed E-state index contributed by atoms with van der Waals surface area (Å²) in [6.45, 7) is 4.29. The van der Waals surface area contributed by atoms with Gasteiger partial charge in [-0.15, -0.1) is 34.0 Å². The van der Waals surface area contributed by atoms with Crippen LogP contribution in [0.2, 0.25) is 0 Å². The first-order valence-corrected chi connectivity index (χ1v) is 5.24. The lowest BCUT2D eigenvalue weighted by molar-refractivity contribution is 0.478. The Morgan fingerprint density at radius 3 is 2.50 bits per heavy atom. The second-order valence-electron chi connectivity index (χ2n) is 3.89. The largest absolute Gasteiger partial charge is 0.367 e. The number of piperidine rings is 1. The van der Waals surface area contributed by atoms with Crippen LogP contribution < -0.4 is 10.6 Å². The van der Waals surface area contributed by atoms with Crippen LogP contribution in [0.4, 0.5) is 5.82 Å². The van der Waals surface area contributed by atoms with Crippen LogP contribution in [0.5, 0.6) is 0 Å². The van der Waals surface area contributed by atoms with Crippen LogP contribution in [0.3, 0.4) is 0 Å². The quantitative estimate of drug-likeness (QED) is 0.859. The van der Waals surface area contributed by atoms with E-state index in [2.05, 4.69) is 34.7 Å². The summed E-state index contributed by atoms with van der Waals surface area (Å²) in [5.41, 5.74) is 1.21. The van der Waals surface area contributed by atoms with Crippen molar-refractivity contribution in [3.8, 4) is 0 Å². The molecule has 0 aromatic carbocycles. The minimum Gasteiger partial charge on any atom is -0.367 e. The van der Waals surface area contributed by atoms with Crippen molar-refractivity contribution >= 4 is 39.8 Å². The van der Waals surface area contributed by atoms with E-state index < -0.39 is 0 Å². The molecule has 0 aliphatic carbocycles. The maximum Gasteiger partial charge on any atom is 0.126 e. The van der Waals surface area contributed by atoms with E-state index in [0.29, 0.717) is 6.04 Å². The van der Waals surface area contributed by atoms with Crippen molar-refractivity contribution in [2.75, 3.05) is 18.4 Å². The second-order valence-corrected chi connectivity index (χ2v) is 3.89. The molecular weight excluding hydrogens is 334 g/mol. The van der Waals surface area contributed by atoms with Crippen LogP contribution in [0, 0.1) is 6.92 Å². The molecule has 3 nitrogen and oxygen atoms in total. The van der Waals surface area contributed by atoms with Crippen molar-refractivity contribution in [1.82, 2.24) is 10.3 Å². The van der Waals surface area contributed by atoms with Crippen molar-refractivity contribution in [3.63, 3.8) is 0 Å². The Kier molecular flexibility index (Phi) is 7.97. The van der Waals surface area contributed by atoms with Crippen molar-refractivity contribution in [1.29, 1.82) is 0 Å². The molecule has 1 aliphatic heterocycles. The Balaban J connectivity index is 0.00000112. The van der Waals surface area contributed by atoms with E-state index in [4.69, 9.17) is 0 Å². The number of nitrogens with zero attached hydrogens (tertiary/aromatic N) is 1. The number of aromatic nitrogens is 1. The lowest BCUT2D eigenvalue weighted by atomic mass is 10.1. The van der Waals surface area contributed by atoms with E-state index in [1.165, 1.54) is 18.4 Å². The molecule has 1 saturated heterocycles. The number of hydrogen-bond donors (Lipinski definition) is 2. The summed E-state index contributed by atoms with van der Waals surface area (Å²) >= 11 is 0. The Morgan fingerprint density at radius 2 is 1.94 bits per heavy atom. The van der Waals surface area contributed by atoms with Gasteiger partial charge < -0.3 is 10.6 Å². The van der Waals surface area contributed by atoms with Gasteiger partial charge in [0.05, 0.1) is 0 Å². The molecule has 2 rings (SSSR count). The SMILES string of the molecule is Br.Br.Cc1ccc(NC2CCNCC2)nc1. The van der Waals surface area contributed by atoms with Gasteiger partial charge in [0, 0.05) is 12.2 Å². The Labute approximate surface area is 118 Å². The molecular formula is C11H19Br2N3. The third kappa shape index (κ3) is 4.80. The van der Waals surface area contributed by atoms with Gasteiger partial charge in [0.25, 0.3) is 0 Å². The van der Waals surface area contributed by atoms with Gasteiger partial charge in [-0.2, -0.15) is 0 Å². The fourth-order valence-corrected chi connectivity index (χ4v) is 1.73. The number of hydrogen-bond acceptors (Lipinski definition) is 3. The smallest absolute Gasteiger partial charge is 0.126 e. The Hall–Kier alpha value is -0.130. The van der Waals surface area contributed by atoms with Gasteiger partial charge in [-0.1, -0.05) is 6.07 Å². The molecule has 0 amide bonds. The average molecular weight is 353 g/mol. The fraction of sp³-hybridized carbons (Fsp3) is 0.545. The first-order chi connectivity index (χ1) is 6.84. The maximum atomic E-state index is 4.34. The number of anilines is 1. The van der Waals surface area contributed by atoms with Gasteiger partial charge in [-0.3, -0.25) is 0 Å². The zero-order valence-corrected chi connectivity index (χ0v) is 12.8. The summed E-state index contributed by atoms with van der Waals surface area (Å²) in [6.07, 6.45) is 4.29. The lowest BCUT2D eigenvalue weighted by Crippen LogP contribution is -2.35. The highest BCUT2D eigenvalue weighted by molar-refractivity contribution is 8.93. The van der Waals surface area contributed by atoms with Gasteiger partial charge in [-0.25, -0.2) is 4.98 Å². The zero-order valence-electron chi connectivity index (χ0n) is 9.40. The molecule has 0 radical (unpaired) electrons. The summed E-state index contributed by atoms with van der Waals surface area (Å²) in [5, 5.41) is 6.81. The molecule has 1 fully saturated rings. The molecule has 5 heteroatoms. The van der Waals surface area contributed by atoms with Crippen LogP contribution >= 0.6 is 34.0 Å². The second kappa shape index (κ2) is 8.03. The van der Waals surface area contributed by atoms with Gasteiger partial charge >= 0.3 is 0 Å². The molecule has 2 N–H and O–H groups in total. The van der Waals surface area contributed by atoms with E-state index in [-0.39, 0.29) is 34.0 Å². The van der Waals surface area contributed by atoms with Crippen LogP contribution in [0.15, 0.2) is 18.3 Å². The van der Waals surface area contributed by atoms with E-state index in [1.807, 2.05) is 6.20 Å². The highest BCUT2D eigenvalue weighted by atomic mass is 79.9. The number of aryl methyl sites for hydroxylation is 1. The van der Waals surface area contributed by atoms with Crippen molar-refractivity contribution in [3.05, 3.63) is 23.9 Å². The standard InChI is InChI=1S/C11H17N3.2BrH/c1-9-2-3-11(13-8-9)14-10-4-6-12-7-5-10;;/h2-3,8,10,12H,4-7H2,1H3,(H,13,14);2*1H. The predicted octanol–water partition coefficient (Wildman–Crippen LogP) is 2.71. The van der Waals surface area contributed by atoms with Crippen molar-refractivity contribution in [2.24, 2.45) is 0 Å². The van der Waals surface area contributed by atoms with Gasteiger partial charge in [-0.05, 0) is 44.5 Å². The Bertz CT molecular complexity index is 284. The van der Waals surface area contributed by atoms with E-state index in [9.17, 15) is 0 Å². The van der Waals surface area contributed by atoms with Gasteiger partial charge in [0.15, 0.2) is 0 Å². The zero-order chi connectivity index (χ0) is 9.80. The Morgan fingerprint density at radius 1 is 1.25 bits per heavy atom. The van der Waals surface area contributed by atoms with Gasteiger partial charge in [0.1, 0.15) is 5.82 Å². The van der Waals surface area contributed by atoms with Crippen LogP contribution in [-0.2, 0) is 0 Å². The molecule has 16 heavy (non-hydrogen) atoms. The van der Waals surface area contributed by atoms with Crippen LogP contribution in [-0.4, -0.2) is 24.1 Å². The highest BCUT2D eigenvalue weighted by Crippen LogP contribution is 2.10. The topological polar surface area (TPSA) is 37.0 Å². The molecule has 0 unspecified atom stereocenters. The van der Waals surface area contributed by atoms with Crippen molar-refractivity contribution in [2.45, 2.75) is 25.8 Å². The third-order valence-corrected chi connectivity index (χ3v) is 2.60. The van der Waals surface area contributed by atoms with Crippen LogP contribution in [0.1, 0.15) is 18.4 Å². The van der Waals surface area contributed by atoms with Gasteiger partial charge in [0.2, 0.25) is 0 Å². The summed E-state index contributed by atoms with van der Waals surface area (Å²) in [7, 11) is 0. The average Bonchev–Trinajstić information content (AvgIpc) is 2.23. The third-order valence-electron chi connectivity index (χ3n) is 2.60. The number of nitrogens with one attached hydrogen (secondary N) is 2. The lowest BCUT2D eigenvalue weighted by Gasteiger charge is -2.24. The summed E-state index contributed by atoms with van der Waals surface area (Å²) in [5.74, 6) is 1.00.